The molecule has 0 aliphatic carbocycles. The Morgan fingerprint density at radius 2 is 2.10 bits per heavy atom. The van der Waals surface area contributed by atoms with Gasteiger partial charge in [-0.3, -0.25) is 4.68 Å². The summed E-state index contributed by atoms with van der Waals surface area (Å²) in [6.45, 7) is 5.86. The van der Waals surface area contributed by atoms with Gasteiger partial charge >= 0.3 is 0 Å². The van der Waals surface area contributed by atoms with Gasteiger partial charge in [0.2, 0.25) is 5.89 Å². The highest BCUT2D eigenvalue weighted by Crippen LogP contribution is 2.24. The van der Waals surface area contributed by atoms with Crippen LogP contribution in [-0.4, -0.2) is 25.5 Å². The average Bonchev–Trinajstić information content (AvgIpc) is 2.94. The summed E-state index contributed by atoms with van der Waals surface area (Å²) < 4.78 is 7.33. The first kappa shape index (κ1) is 12.9. The van der Waals surface area contributed by atoms with Crippen LogP contribution in [-0.2, 0) is 6.54 Å². The zero-order valence-electron chi connectivity index (χ0n) is 11.8. The fourth-order valence-corrected chi connectivity index (χ4v) is 2.20. The predicted octanol–water partition coefficient (Wildman–Crippen LogP) is 2.77. The van der Waals surface area contributed by atoms with E-state index < -0.39 is 5.60 Å². The van der Waals surface area contributed by atoms with Crippen LogP contribution >= 0.6 is 0 Å². The van der Waals surface area contributed by atoms with Crippen molar-refractivity contribution in [3.8, 4) is 11.5 Å². The second-order valence-corrected chi connectivity index (χ2v) is 5.66. The van der Waals surface area contributed by atoms with Crippen molar-refractivity contribution in [3.05, 3.63) is 36.4 Å². The van der Waals surface area contributed by atoms with E-state index in [0.717, 1.165) is 22.2 Å². The molecule has 0 spiro atoms. The second-order valence-electron chi connectivity index (χ2n) is 5.66. The molecule has 0 aliphatic rings. The van der Waals surface area contributed by atoms with Crippen LogP contribution in [0.4, 0.5) is 0 Å². The van der Waals surface area contributed by atoms with Crippen molar-refractivity contribution < 1.29 is 9.52 Å². The molecule has 0 amide bonds. The van der Waals surface area contributed by atoms with Crippen molar-refractivity contribution in [2.24, 2.45) is 0 Å². The van der Waals surface area contributed by atoms with Crippen LogP contribution in [0.5, 0.6) is 0 Å². The van der Waals surface area contributed by atoms with Crippen LogP contribution < -0.4 is 0 Å². The minimum atomic E-state index is -0.794. The summed E-state index contributed by atoms with van der Waals surface area (Å²) in [6, 6.07) is 5.92. The highest BCUT2D eigenvalue weighted by Gasteiger charge is 2.16. The summed E-state index contributed by atoms with van der Waals surface area (Å²) in [6.07, 6.45) is 3.50. The monoisotopic (exact) mass is 271 g/mol. The van der Waals surface area contributed by atoms with Crippen LogP contribution in [0.15, 0.2) is 35.0 Å². The molecule has 0 unspecified atom stereocenters. The molecule has 0 saturated carbocycles. The van der Waals surface area contributed by atoms with E-state index in [1.807, 2.05) is 25.1 Å². The van der Waals surface area contributed by atoms with Crippen LogP contribution in [0.2, 0.25) is 0 Å². The van der Waals surface area contributed by atoms with Gasteiger partial charge < -0.3 is 9.52 Å². The third kappa shape index (κ3) is 2.44. The maximum absolute atomic E-state index is 9.90. The molecule has 20 heavy (non-hydrogen) atoms. The Bertz CT molecular complexity index is 750. The minimum absolute atomic E-state index is 0.452. The lowest BCUT2D eigenvalue weighted by molar-refractivity contribution is 0.0591. The molecule has 0 aliphatic heterocycles. The summed E-state index contributed by atoms with van der Waals surface area (Å²) in [4.78, 5) is 4.23. The third-order valence-corrected chi connectivity index (χ3v) is 3.05. The smallest absolute Gasteiger partial charge is 0.226 e. The summed E-state index contributed by atoms with van der Waals surface area (Å²) in [7, 11) is 0. The number of fused-ring (bicyclic) bond motifs is 1. The number of hydrogen-bond donors (Lipinski definition) is 1. The number of aryl methyl sites for hydroxylation is 1. The number of hydrogen-bond acceptors (Lipinski definition) is 4. The molecule has 0 radical (unpaired) electrons. The summed E-state index contributed by atoms with van der Waals surface area (Å²) in [5, 5.41) is 15.2. The molecule has 5 heteroatoms. The lowest BCUT2D eigenvalue weighted by atomic mass is 10.1. The van der Waals surface area contributed by atoms with Crippen LogP contribution in [0, 0.1) is 6.92 Å². The van der Waals surface area contributed by atoms with Gasteiger partial charge in [0.05, 0.1) is 30.1 Å². The topological polar surface area (TPSA) is 64.1 Å². The summed E-state index contributed by atoms with van der Waals surface area (Å²) in [5.74, 6) is 1.40. The second kappa shape index (κ2) is 4.45. The quantitative estimate of drug-likeness (QED) is 0.795. The van der Waals surface area contributed by atoms with E-state index in [4.69, 9.17) is 4.42 Å². The Morgan fingerprint density at radius 1 is 1.30 bits per heavy atom. The molecule has 0 bridgehead atoms. The van der Waals surface area contributed by atoms with E-state index in [1.165, 1.54) is 0 Å². The van der Waals surface area contributed by atoms with E-state index in [-0.39, 0.29) is 0 Å². The first-order valence-electron chi connectivity index (χ1n) is 6.53. The Morgan fingerprint density at radius 3 is 2.75 bits per heavy atom. The number of nitrogens with zero attached hydrogens (tertiary/aromatic N) is 3. The fourth-order valence-electron chi connectivity index (χ4n) is 2.20. The molecule has 3 aromatic rings. The van der Waals surface area contributed by atoms with Gasteiger partial charge in [0.1, 0.15) is 5.76 Å². The van der Waals surface area contributed by atoms with Gasteiger partial charge in [0.15, 0.2) is 0 Å². The van der Waals surface area contributed by atoms with Crippen molar-refractivity contribution in [1.29, 1.82) is 0 Å². The van der Waals surface area contributed by atoms with Crippen molar-refractivity contribution in [3.63, 3.8) is 0 Å². The Kier molecular flexibility index (Phi) is 2.87. The lowest BCUT2D eigenvalue weighted by Gasteiger charge is -2.17. The number of aliphatic hydroxyl groups is 1. The summed E-state index contributed by atoms with van der Waals surface area (Å²) >= 11 is 0. The molecule has 1 aromatic carbocycles. The fraction of sp³-hybridized carbons (Fsp3) is 0.333. The maximum Gasteiger partial charge on any atom is 0.226 e. The zero-order valence-corrected chi connectivity index (χ0v) is 11.8. The van der Waals surface area contributed by atoms with Crippen molar-refractivity contribution in [2.75, 3.05) is 0 Å². The van der Waals surface area contributed by atoms with Crippen LogP contribution in [0.3, 0.4) is 0 Å². The molecular weight excluding hydrogens is 254 g/mol. The van der Waals surface area contributed by atoms with Gasteiger partial charge in [-0.15, -0.1) is 0 Å². The van der Waals surface area contributed by atoms with Crippen LogP contribution in [0.1, 0.15) is 19.6 Å². The van der Waals surface area contributed by atoms with Crippen molar-refractivity contribution in [2.45, 2.75) is 32.9 Å². The van der Waals surface area contributed by atoms with E-state index in [2.05, 4.69) is 10.1 Å². The Hall–Kier alpha value is -2.14. The first-order chi connectivity index (χ1) is 9.42. The molecule has 104 valence electrons. The standard InChI is InChI=1S/C15H17N3O2/c1-10-7-16-14(20-10)11-4-5-13-12(6-11)8-17-18(13)9-15(2,3)19/h4-8,19H,9H2,1-3H3. The van der Waals surface area contributed by atoms with E-state index in [0.29, 0.717) is 12.4 Å². The zero-order chi connectivity index (χ0) is 14.3. The van der Waals surface area contributed by atoms with Gasteiger partial charge in [-0.2, -0.15) is 5.10 Å². The first-order valence-corrected chi connectivity index (χ1v) is 6.53. The van der Waals surface area contributed by atoms with Gasteiger partial charge in [-0.1, -0.05) is 0 Å². The number of aromatic nitrogens is 3. The highest BCUT2D eigenvalue weighted by molar-refractivity contribution is 5.83. The minimum Gasteiger partial charge on any atom is -0.441 e. The van der Waals surface area contributed by atoms with Crippen LogP contribution in [0.25, 0.3) is 22.4 Å². The van der Waals surface area contributed by atoms with Crippen molar-refractivity contribution >= 4 is 10.9 Å². The van der Waals surface area contributed by atoms with E-state index in [1.54, 1.807) is 30.9 Å². The molecule has 3 rings (SSSR count). The third-order valence-electron chi connectivity index (χ3n) is 3.05. The number of rotatable bonds is 3. The molecule has 2 aromatic heterocycles. The van der Waals surface area contributed by atoms with E-state index >= 15 is 0 Å². The Labute approximate surface area is 116 Å². The molecule has 0 fully saturated rings. The largest absolute Gasteiger partial charge is 0.441 e. The molecular formula is C15H17N3O2. The molecule has 2 heterocycles. The highest BCUT2D eigenvalue weighted by atomic mass is 16.4. The number of benzene rings is 1. The number of oxazole rings is 1. The predicted molar refractivity (Wildman–Crippen MR) is 76.3 cm³/mol. The SMILES string of the molecule is Cc1cnc(-c2ccc3c(cnn3CC(C)(C)O)c2)o1. The molecule has 5 nitrogen and oxygen atoms in total. The van der Waals surface area contributed by atoms with Gasteiger partial charge in [-0.25, -0.2) is 4.98 Å². The van der Waals surface area contributed by atoms with Gasteiger partial charge in [0.25, 0.3) is 0 Å². The molecule has 1 N–H and O–H groups in total. The maximum atomic E-state index is 9.90. The molecule has 0 saturated heterocycles. The normalized spacial score (nSPS) is 12.2. The van der Waals surface area contributed by atoms with Gasteiger partial charge in [-0.05, 0) is 39.0 Å². The van der Waals surface area contributed by atoms with Gasteiger partial charge in [0, 0.05) is 10.9 Å². The van der Waals surface area contributed by atoms with Crippen molar-refractivity contribution in [1.82, 2.24) is 14.8 Å². The molecule has 0 atom stereocenters. The summed E-state index contributed by atoms with van der Waals surface area (Å²) in [5.41, 5.74) is 1.12. The Balaban J connectivity index is 2.01. The lowest BCUT2D eigenvalue weighted by Crippen LogP contribution is -2.26. The average molecular weight is 271 g/mol. The van der Waals surface area contributed by atoms with E-state index in [9.17, 15) is 5.11 Å².